The molecular weight excluding hydrogens is 96.1 g/mol. The Balaban J connectivity index is 3.29. The number of hydrogen-bond acceptors (Lipinski definition) is 0. The van der Waals surface area contributed by atoms with Crippen LogP contribution in [0.2, 0.25) is 0 Å². The van der Waals surface area contributed by atoms with Gasteiger partial charge in [0.05, 0.1) is 0 Å². The molecule has 0 fully saturated rings. The molecule has 0 nitrogen and oxygen atoms in total. The van der Waals surface area contributed by atoms with Gasteiger partial charge in [0.15, 0.2) is 0 Å². The van der Waals surface area contributed by atoms with Crippen molar-refractivity contribution in [1.82, 2.24) is 0 Å². The molecule has 0 amide bonds. The van der Waals surface area contributed by atoms with Gasteiger partial charge in [-0.2, -0.15) is 0 Å². The zero-order valence-corrected chi connectivity index (χ0v) is 5.57. The van der Waals surface area contributed by atoms with E-state index in [1.165, 1.54) is 5.57 Å². The van der Waals surface area contributed by atoms with Gasteiger partial charge in [0, 0.05) is 6.42 Å². The van der Waals surface area contributed by atoms with Crippen LogP contribution in [0.4, 0.5) is 0 Å². The van der Waals surface area contributed by atoms with Crippen LogP contribution in [-0.2, 0) is 0 Å². The van der Waals surface area contributed by atoms with Crippen molar-refractivity contribution in [1.29, 1.82) is 0 Å². The normalized spacial score (nSPS) is 10.9. The first-order valence-electron chi connectivity index (χ1n) is 2.86. The highest BCUT2D eigenvalue weighted by Gasteiger charge is 1.82. The van der Waals surface area contributed by atoms with Crippen LogP contribution in [-0.4, -0.2) is 0 Å². The van der Waals surface area contributed by atoms with E-state index in [4.69, 9.17) is 6.42 Å². The summed E-state index contributed by atoms with van der Waals surface area (Å²) in [5.74, 6) is 2.59. The molecule has 0 spiro atoms. The molecule has 0 N–H and O–H groups in total. The number of allylic oxidation sites excluding steroid dienone is 2. The molecule has 44 valence electrons. The van der Waals surface area contributed by atoms with E-state index in [-0.39, 0.29) is 0 Å². The molecule has 8 heavy (non-hydrogen) atoms. The minimum absolute atomic E-state index is 0.871. The lowest BCUT2D eigenvalue weighted by atomic mass is 10.2. The van der Waals surface area contributed by atoms with E-state index in [1.54, 1.807) is 0 Å². The third-order valence-corrected chi connectivity index (χ3v) is 1.16. The zero-order chi connectivity index (χ0) is 6.41. The second-order valence-electron chi connectivity index (χ2n) is 1.84. The Morgan fingerprint density at radius 2 is 2.38 bits per heavy atom. The molecule has 0 saturated heterocycles. The summed E-state index contributed by atoms with van der Waals surface area (Å²) in [5, 5.41) is 0. The summed E-state index contributed by atoms with van der Waals surface area (Å²) in [7, 11) is 0. The molecule has 0 aliphatic heterocycles. The number of hydrogen-bond donors (Lipinski definition) is 0. The zero-order valence-electron chi connectivity index (χ0n) is 5.57. The van der Waals surface area contributed by atoms with Gasteiger partial charge >= 0.3 is 0 Å². The average Bonchev–Trinajstić information content (AvgIpc) is 1.83. The predicted octanol–water partition coefficient (Wildman–Crippen LogP) is 2.37. The topological polar surface area (TPSA) is 0 Å². The Morgan fingerprint density at radius 1 is 1.75 bits per heavy atom. The Bertz CT molecular complexity index is 112. The molecule has 0 unspecified atom stereocenters. The Labute approximate surface area is 51.6 Å². The number of rotatable bonds is 2. The molecule has 0 aliphatic carbocycles. The molecule has 0 rings (SSSR count). The highest BCUT2D eigenvalue weighted by Crippen LogP contribution is 2.00. The lowest BCUT2D eigenvalue weighted by molar-refractivity contribution is 0.998. The maximum Gasteiger partial charge on any atom is 0.0123 e. The van der Waals surface area contributed by atoms with Crippen LogP contribution in [0.1, 0.15) is 26.7 Å². The highest BCUT2D eigenvalue weighted by atomic mass is 13.9. The monoisotopic (exact) mass is 108 g/mol. The number of terminal acetylenes is 1. The van der Waals surface area contributed by atoms with Crippen LogP contribution in [0.15, 0.2) is 11.6 Å². The third kappa shape index (κ3) is 3.49. The summed E-state index contributed by atoms with van der Waals surface area (Å²) < 4.78 is 0. The Kier molecular flexibility index (Phi) is 4.07. The summed E-state index contributed by atoms with van der Waals surface area (Å²) in [6, 6.07) is 0. The van der Waals surface area contributed by atoms with Gasteiger partial charge in [-0.1, -0.05) is 11.6 Å². The third-order valence-electron chi connectivity index (χ3n) is 1.16. The van der Waals surface area contributed by atoms with E-state index in [1.807, 2.05) is 6.92 Å². The van der Waals surface area contributed by atoms with Gasteiger partial charge in [-0.05, 0) is 20.3 Å². The molecule has 0 radical (unpaired) electrons. The van der Waals surface area contributed by atoms with Crippen LogP contribution in [0.3, 0.4) is 0 Å². The van der Waals surface area contributed by atoms with Crippen molar-refractivity contribution in [3.8, 4) is 12.3 Å². The van der Waals surface area contributed by atoms with Gasteiger partial charge < -0.3 is 0 Å². The Hall–Kier alpha value is -0.700. The molecule has 0 saturated carbocycles. The minimum Gasteiger partial charge on any atom is -0.120 e. The lowest BCUT2D eigenvalue weighted by Crippen LogP contribution is -1.72. The van der Waals surface area contributed by atoms with E-state index in [9.17, 15) is 0 Å². The quantitative estimate of drug-likeness (QED) is 0.376. The van der Waals surface area contributed by atoms with Gasteiger partial charge in [-0.15, -0.1) is 12.3 Å². The van der Waals surface area contributed by atoms with Crippen molar-refractivity contribution in [2.45, 2.75) is 26.7 Å². The Morgan fingerprint density at radius 3 is 2.75 bits per heavy atom. The first-order chi connectivity index (χ1) is 3.81. The maximum absolute atomic E-state index is 5.05. The lowest BCUT2D eigenvalue weighted by Gasteiger charge is -1.90. The van der Waals surface area contributed by atoms with Gasteiger partial charge in [-0.3, -0.25) is 0 Å². The fourth-order valence-corrected chi connectivity index (χ4v) is 0.414. The molecule has 0 aromatic heterocycles. The largest absolute Gasteiger partial charge is 0.120 e. The van der Waals surface area contributed by atoms with Gasteiger partial charge in [0.2, 0.25) is 0 Å². The second kappa shape index (κ2) is 4.46. The van der Waals surface area contributed by atoms with E-state index < -0.39 is 0 Å². The fraction of sp³-hybridized carbons (Fsp3) is 0.500. The van der Waals surface area contributed by atoms with Crippen LogP contribution in [0.25, 0.3) is 0 Å². The van der Waals surface area contributed by atoms with Crippen molar-refractivity contribution in [2.24, 2.45) is 0 Å². The minimum atomic E-state index is 0.871. The van der Waals surface area contributed by atoms with Crippen LogP contribution in [0, 0.1) is 12.3 Å². The van der Waals surface area contributed by atoms with E-state index in [0.29, 0.717) is 0 Å². The maximum atomic E-state index is 5.05. The van der Waals surface area contributed by atoms with E-state index >= 15 is 0 Å². The first-order valence-corrected chi connectivity index (χ1v) is 2.86. The van der Waals surface area contributed by atoms with Crippen molar-refractivity contribution < 1.29 is 0 Å². The molecular formula is C8H12. The summed E-state index contributed by atoms with van der Waals surface area (Å²) in [4.78, 5) is 0. The van der Waals surface area contributed by atoms with Crippen molar-refractivity contribution in [3.63, 3.8) is 0 Å². The van der Waals surface area contributed by atoms with E-state index in [0.717, 1.165) is 12.8 Å². The standard InChI is InChI=1S/C8H12/c1-4-6-7-8(3)5-2/h1,5H,6-7H2,2-3H3/b8-5-. The SMILES string of the molecule is C#CCC/C(C)=C\C. The molecule has 0 heteroatoms. The summed E-state index contributed by atoms with van der Waals surface area (Å²) in [6.45, 7) is 4.13. The smallest absolute Gasteiger partial charge is 0.0123 e. The average molecular weight is 108 g/mol. The van der Waals surface area contributed by atoms with Gasteiger partial charge in [0.1, 0.15) is 0 Å². The molecule has 0 aliphatic rings. The van der Waals surface area contributed by atoms with Crippen LogP contribution >= 0.6 is 0 Å². The first kappa shape index (κ1) is 7.30. The van der Waals surface area contributed by atoms with Crippen molar-refractivity contribution in [3.05, 3.63) is 11.6 Å². The molecule has 0 bridgehead atoms. The van der Waals surface area contributed by atoms with Crippen LogP contribution < -0.4 is 0 Å². The molecule has 0 aromatic rings. The summed E-state index contributed by atoms with van der Waals surface area (Å²) in [6.07, 6.45) is 9.07. The van der Waals surface area contributed by atoms with Gasteiger partial charge in [-0.25, -0.2) is 0 Å². The second-order valence-corrected chi connectivity index (χ2v) is 1.84. The molecule has 0 atom stereocenters. The van der Waals surface area contributed by atoms with E-state index in [2.05, 4.69) is 18.9 Å². The fourth-order valence-electron chi connectivity index (χ4n) is 0.414. The van der Waals surface area contributed by atoms with Gasteiger partial charge in [0.25, 0.3) is 0 Å². The highest BCUT2D eigenvalue weighted by molar-refractivity contribution is 4.99. The van der Waals surface area contributed by atoms with Crippen molar-refractivity contribution >= 4 is 0 Å². The van der Waals surface area contributed by atoms with Crippen LogP contribution in [0.5, 0.6) is 0 Å². The molecule has 0 heterocycles. The summed E-state index contributed by atoms with van der Waals surface area (Å²) in [5.41, 5.74) is 1.38. The summed E-state index contributed by atoms with van der Waals surface area (Å²) >= 11 is 0. The predicted molar refractivity (Wildman–Crippen MR) is 37.5 cm³/mol. The van der Waals surface area contributed by atoms with Crippen molar-refractivity contribution in [2.75, 3.05) is 0 Å². The molecule has 0 aromatic carbocycles.